The van der Waals surface area contributed by atoms with Gasteiger partial charge < -0.3 is 10.2 Å². The summed E-state index contributed by atoms with van der Waals surface area (Å²) in [6.45, 7) is 9.51. The van der Waals surface area contributed by atoms with E-state index in [0.29, 0.717) is 19.5 Å². The lowest BCUT2D eigenvalue weighted by molar-refractivity contribution is -0.130. The van der Waals surface area contributed by atoms with Crippen LogP contribution in [0.15, 0.2) is 18.2 Å². The summed E-state index contributed by atoms with van der Waals surface area (Å²) in [7, 11) is 1.82. The summed E-state index contributed by atoms with van der Waals surface area (Å²) < 4.78 is 0. The first-order chi connectivity index (χ1) is 8.78. The first-order valence-electron chi connectivity index (χ1n) is 6.69. The lowest BCUT2D eigenvalue weighted by atomic mass is 10.1. The van der Waals surface area contributed by atoms with Crippen LogP contribution in [0, 0.1) is 6.92 Å². The van der Waals surface area contributed by atoms with Crippen molar-refractivity contribution in [1.29, 1.82) is 0 Å². The lowest BCUT2D eigenvalue weighted by Crippen LogP contribution is -2.38. The third kappa shape index (κ3) is 6.34. The Morgan fingerprint density at radius 3 is 2.63 bits per heavy atom. The van der Waals surface area contributed by atoms with Crippen molar-refractivity contribution in [3.8, 4) is 0 Å². The number of pyridine rings is 1. The number of nitrogens with one attached hydrogen (secondary N) is 1. The van der Waals surface area contributed by atoms with Gasteiger partial charge in [-0.15, -0.1) is 0 Å². The van der Waals surface area contributed by atoms with E-state index in [0.717, 1.165) is 11.4 Å². The fourth-order valence-corrected chi connectivity index (χ4v) is 1.75. The van der Waals surface area contributed by atoms with Crippen molar-refractivity contribution in [2.75, 3.05) is 13.6 Å². The monoisotopic (exact) mass is 263 g/mol. The van der Waals surface area contributed by atoms with Crippen LogP contribution in [0.4, 0.5) is 0 Å². The minimum absolute atomic E-state index is 0.0525. The molecule has 1 heterocycles. The third-order valence-electron chi connectivity index (χ3n) is 2.77. The number of rotatable bonds is 5. The van der Waals surface area contributed by atoms with Gasteiger partial charge in [-0.2, -0.15) is 0 Å². The van der Waals surface area contributed by atoms with E-state index in [2.05, 4.69) is 31.1 Å². The summed E-state index contributed by atoms with van der Waals surface area (Å²) in [6.07, 6.45) is 0.513. The molecule has 1 rings (SSSR count). The first kappa shape index (κ1) is 15.6. The Labute approximate surface area is 116 Å². The highest BCUT2D eigenvalue weighted by Gasteiger charge is 2.12. The molecule has 0 saturated carbocycles. The Morgan fingerprint density at radius 2 is 2.05 bits per heavy atom. The predicted octanol–water partition coefficient (Wildman–Crippen LogP) is 2.13. The van der Waals surface area contributed by atoms with Crippen LogP contribution < -0.4 is 5.32 Å². The SMILES string of the molecule is Cc1cccc(CN(C)C(=O)CCNC(C)(C)C)n1. The molecule has 0 saturated heterocycles. The van der Waals surface area contributed by atoms with Gasteiger partial charge in [0, 0.05) is 31.2 Å². The fraction of sp³-hybridized carbons (Fsp3) is 0.600. The summed E-state index contributed by atoms with van der Waals surface area (Å²) >= 11 is 0. The van der Waals surface area contributed by atoms with Gasteiger partial charge in [0.05, 0.1) is 12.2 Å². The van der Waals surface area contributed by atoms with E-state index in [-0.39, 0.29) is 11.4 Å². The number of nitrogens with zero attached hydrogens (tertiary/aromatic N) is 2. The van der Waals surface area contributed by atoms with E-state index in [9.17, 15) is 4.79 Å². The molecule has 0 aromatic carbocycles. The van der Waals surface area contributed by atoms with Gasteiger partial charge >= 0.3 is 0 Å². The number of hydrogen-bond donors (Lipinski definition) is 1. The lowest BCUT2D eigenvalue weighted by Gasteiger charge is -2.22. The molecular weight excluding hydrogens is 238 g/mol. The molecule has 1 aromatic heterocycles. The van der Waals surface area contributed by atoms with Crippen molar-refractivity contribution in [3.63, 3.8) is 0 Å². The van der Waals surface area contributed by atoms with Gasteiger partial charge in [-0.1, -0.05) is 6.07 Å². The Bertz CT molecular complexity index is 424. The number of carbonyl (C=O) groups is 1. The maximum Gasteiger partial charge on any atom is 0.223 e. The molecule has 1 N–H and O–H groups in total. The van der Waals surface area contributed by atoms with E-state index in [1.165, 1.54) is 0 Å². The van der Waals surface area contributed by atoms with Gasteiger partial charge in [-0.3, -0.25) is 9.78 Å². The topological polar surface area (TPSA) is 45.2 Å². The second-order valence-electron chi connectivity index (χ2n) is 5.95. The van der Waals surface area contributed by atoms with Gasteiger partial charge in [0.2, 0.25) is 5.91 Å². The second kappa shape index (κ2) is 6.66. The van der Waals surface area contributed by atoms with E-state index in [1.807, 2.05) is 32.2 Å². The number of aromatic nitrogens is 1. The Balaban J connectivity index is 2.41. The third-order valence-corrected chi connectivity index (χ3v) is 2.77. The van der Waals surface area contributed by atoms with Crippen LogP contribution in [-0.4, -0.2) is 34.9 Å². The van der Waals surface area contributed by atoms with Crippen LogP contribution in [0.25, 0.3) is 0 Å². The Hall–Kier alpha value is -1.42. The predicted molar refractivity (Wildman–Crippen MR) is 77.8 cm³/mol. The van der Waals surface area contributed by atoms with Crippen molar-refractivity contribution >= 4 is 5.91 Å². The highest BCUT2D eigenvalue weighted by molar-refractivity contribution is 5.76. The minimum atomic E-state index is 0.0525. The highest BCUT2D eigenvalue weighted by atomic mass is 16.2. The molecule has 0 atom stereocenters. The molecule has 0 unspecified atom stereocenters. The Morgan fingerprint density at radius 1 is 1.37 bits per heavy atom. The van der Waals surface area contributed by atoms with E-state index in [4.69, 9.17) is 0 Å². The van der Waals surface area contributed by atoms with Crippen LogP contribution in [-0.2, 0) is 11.3 Å². The second-order valence-corrected chi connectivity index (χ2v) is 5.95. The van der Waals surface area contributed by atoms with Crippen LogP contribution in [0.1, 0.15) is 38.6 Å². The molecule has 0 radical (unpaired) electrons. The molecule has 0 spiro atoms. The number of aryl methyl sites for hydroxylation is 1. The molecule has 0 aliphatic heterocycles. The molecule has 1 aromatic rings. The van der Waals surface area contributed by atoms with Gasteiger partial charge in [-0.25, -0.2) is 0 Å². The van der Waals surface area contributed by atoms with Crippen molar-refractivity contribution in [1.82, 2.24) is 15.2 Å². The molecule has 1 amide bonds. The molecule has 4 nitrogen and oxygen atoms in total. The summed E-state index contributed by atoms with van der Waals surface area (Å²) in [5.74, 6) is 0.139. The number of hydrogen-bond acceptors (Lipinski definition) is 3. The van der Waals surface area contributed by atoms with Crippen LogP contribution in [0.5, 0.6) is 0 Å². The van der Waals surface area contributed by atoms with Crippen molar-refractivity contribution in [3.05, 3.63) is 29.6 Å². The zero-order valence-electron chi connectivity index (χ0n) is 12.7. The smallest absolute Gasteiger partial charge is 0.223 e. The van der Waals surface area contributed by atoms with Crippen molar-refractivity contribution in [2.24, 2.45) is 0 Å². The van der Waals surface area contributed by atoms with Crippen LogP contribution in [0.2, 0.25) is 0 Å². The summed E-state index contributed by atoms with van der Waals surface area (Å²) in [5.41, 5.74) is 1.96. The van der Waals surface area contributed by atoms with Gasteiger partial charge in [-0.05, 0) is 39.8 Å². The Kier molecular flexibility index (Phi) is 5.48. The minimum Gasteiger partial charge on any atom is -0.340 e. The normalized spacial score (nSPS) is 11.4. The van der Waals surface area contributed by atoms with Gasteiger partial charge in [0.1, 0.15) is 0 Å². The molecule has 4 heteroatoms. The average Bonchev–Trinajstić information content (AvgIpc) is 2.27. The van der Waals surface area contributed by atoms with Crippen LogP contribution in [0.3, 0.4) is 0 Å². The van der Waals surface area contributed by atoms with Gasteiger partial charge in [0.15, 0.2) is 0 Å². The van der Waals surface area contributed by atoms with E-state index < -0.39 is 0 Å². The van der Waals surface area contributed by atoms with Crippen LogP contribution >= 0.6 is 0 Å². The highest BCUT2D eigenvalue weighted by Crippen LogP contribution is 2.04. The van der Waals surface area contributed by atoms with Crippen molar-refractivity contribution < 1.29 is 4.79 Å². The quantitative estimate of drug-likeness (QED) is 0.885. The number of amides is 1. The van der Waals surface area contributed by atoms with Gasteiger partial charge in [0.25, 0.3) is 0 Å². The molecule has 0 aliphatic rings. The molecule has 106 valence electrons. The average molecular weight is 263 g/mol. The molecular formula is C15H25N3O. The summed E-state index contributed by atoms with van der Waals surface area (Å²) in [6, 6.07) is 5.87. The molecule has 0 fully saturated rings. The fourth-order valence-electron chi connectivity index (χ4n) is 1.75. The zero-order chi connectivity index (χ0) is 14.5. The molecule has 0 aliphatic carbocycles. The molecule has 0 bridgehead atoms. The first-order valence-corrected chi connectivity index (χ1v) is 6.69. The standard InChI is InChI=1S/C15H25N3O/c1-12-7-6-8-13(17-12)11-18(5)14(19)9-10-16-15(2,3)4/h6-8,16H,9-11H2,1-5H3. The largest absolute Gasteiger partial charge is 0.340 e. The number of carbonyl (C=O) groups excluding carboxylic acids is 1. The summed E-state index contributed by atoms with van der Waals surface area (Å²) in [5, 5.41) is 3.32. The maximum atomic E-state index is 12.0. The molecule has 19 heavy (non-hydrogen) atoms. The van der Waals surface area contributed by atoms with E-state index >= 15 is 0 Å². The van der Waals surface area contributed by atoms with E-state index in [1.54, 1.807) is 4.90 Å². The zero-order valence-corrected chi connectivity index (χ0v) is 12.7. The summed E-state index contributed by atoms with van der Waals surface area (Å²) in [4.78, 5) is 18.1. The van der Waals surface area contributed by atoms with Crippen molar-refractivity contribution in [2.45, 2.75) is 46.2 Å². The maximum absolute atomic E-state index is 12.0.